The van der Waals surface area contributed by atoms with E-state index in [2.05, 4.69) is 27.2 Å². The molecule has 0 bridgehead atoms. The summed E-state index contributed by atoms with van der Waals surface area (Å²) in [4.78, 5) is 21.8. The molecule has 0 aliphatic carbocycles. The molecule has 2 aromatic rings. The van der Waals surface area contributed by atoms with E-state index in [1.54, 1.807) is 18.2 Å². The Morgan fingerprint density at radius 1 is 1.36 bits per heavy atom. The van der Waals surface area contributed by atoms with Crippen molar-refractivity contribution in [2.24, 2.45) is 0 Å². The maximum absolute atomic E-state index is 12.1. The summed E-state index contributed by atoms with van der Waals surface area (Å²) in [7, 11) is 2.09. The number of rotatable bonds is 3. The standard InChI is InChI=1S/C15H19ClN4O.ClH/c1-20(11-4-6-17-7-5-11)9-14-18-13-3-2-10(16)8-12(13)15(21)19-14;/h2-3,8,11,17H,4-7,9H2,1H3,(H,18,19,21);1H. The maximum Gasteiger partial charge on any atom is 0.258 e. The summed E-state index contributed by atoms with van der Waals surface area (Å²) in [5, 5.41) is 4.45. The zero-order chi connectivity index (χ0) is 14.8. The predicted octanol–water partition coefficient (Wildman–Crippen LogP) is 2.18. The third kappa shape index (κ3) is 3.79. The summed E-state index contributed by atoms with van der Waals surface area (Å²) in [5.41, 5.74) is 0.563. The minimum absolute atomic E-state index is 0. The van der Waals surface area contributed by atoms with Gasteiger partial charge in [0.2, 0.25) is 0 Å². The van der Waals surface area contributed by atoms with Gasteiger partial charge in [-0.25, -0.2) is 4.98 Å². The average Bonchev–Trinajstić information content (AvgIpc) is 2.49. The van der Waals surface area contributed by atoms with Crippen LogP contribution in [0.25, 0.3) is 10.9 Å². The number of hydrogen-bond donors (Lipinski definition) is 2. The molecule has 120 valence electrons. The molecule has 0 saturated carbocycles. The van der Waals surface area contributed by atoms with Crippen LogP contribution < -0.4 is 10.9 Å². The molecule has 3 rings (SSSR count). The van der Waals surface area contributed by atoms with Crippen LogP contribution in [0.15, 0.2) is 23.0 Å². The number of nitrogens with one attached hydrogen (secondary N) is 2. The Bertz CT molecular complexity index is 697. The third-order valence-corrected chi connectivity index (χ3v) is 4.28. The van der Waals surface area contributed by atoms with Gasteiger partial charge in [-0.05, 0) is 51.2 Å². The Kier molecular flexibility index (Phi) is 5.81. The molecule has 0 atom stereocenters. The van der Waals surface area contributed by atoms with Crippen molar-refractivity contribution in [3.05, 3.63) is 39.4 Å². The molecule has 1 saturated heterocycles. The molecule has 22 heavy (non-hydrogen) atoms. The van der Waals surface area contributed by atoms with Gasteiger partial charge in [0.15, 0.2) is 0 Å². The van der Waals surface area contributed by atoms with Gasteiger partial charge in [-0.1, -0.05) is 11.6 Å². The topological polar surface area (TPSA) is 61.0 Å². The van der Waals surface area contributed by atoms with Crippen LogP contribution in [-0.2, 0) is 6.54 Å². The molecule has 0 unspecified atom stereocenters. The van der Waals surface area contributed by atoms with Crippen molar-refractivity contribution in [2.75, 3.05) is 20.1 Å². The van der Waals surface area contributed by atoms with Crippen LogP contribution in [0.1, 0.15) is 18.7 Å². The van der Waals surface area contributed by atoms with Crippen molar-refractivity contribution in [2.45, 2.75) is 25.4 Å². The van der Waals surface area contributed by atoms with Crippen molar-refractivity contribution in [3.63, 3.8) is 0 Å². The number of halogens is 2. The summed E-state index contributed by atoms with van der Waals surface area (Å²) in [5.74, 6) is 0.704. The number of nitrogens with zero attached hydrogens (tertiary/aromatic N) is 2. The minimum atomic E-state index is -0.129. The largest absolute Gasteiger partial charge is 0.317 e. The zero-order valence-electron chi connectivity index (χ0n) is 12.4. The first-order valence-corrected chi connectivity index (χ1v) is 7.61. The van der Waals surface area contributed by atoms with E-state index in [0.29, 0.717) is 34.3 Å². The lowest BCUT2D eigenvalue weighted by Gasteiger charge is -2.31. The van der Waals surface area contributed by atoms with Gasteiger partial charge in [0.05, 0.1) is 17.4 Å². The number of fused-ring (bicyclic) bond motifs is 1. The summed E-state index contributed by atoms with van der Waals surface area (Å²) in [6, 6.07) is 5.75. The lowest BCUT2D eigenvalue weighted by Crippen LogP contribution is -2.41. The van der Waals surface area contributed by atoms with E-state index in [4.69, 9.17) is 11.6 Å². The number of H-pyrrole nitrogens is 1. The van der Waals surface area contributed by atoms with E-state index >= 15 is 0 Å². The van der Waals surface area contributed by atoms with E-state index in [1.165, 1.54) is 0 Å². The molecule has 1 fully saturated rings. The van der Waals surface area contributed by atoms with Gasteiger partial charge in [0, 0.05) is 11.1 Å². The average molecular weight is 343 g/mol. The molecule has 0 spiro atoms. The summed E-state index contributed by atoms with van der Waals surface area (Å²) < 4.78 is 0. The van der Waals surface area contributed by atoms with Gasteiger partial charge in [-0.3, -0.25) is 9.69 Å². The fourth-order valence-corrected chi connectivity index (χ4v) is 3.02. The highest BCUT2D eigenvalue weighted by Crippen LogP contribution is 2.16. The number of piperidine rings is 1. The van der Waals surface area contributed by atoms with Gasteiger partial charge in [-0.15, -0.1) is 12.4 Å². The van der Waals surface area contributed by atoms with E-state index in [9.17, 15) is 4.79 Å². The van der Waals surface area contributed by atoms with Crippen LogP contribution in [0, 0.1) is 0 Å². The molecule has 0 radical (unpaired) electrons. The predicted molar refractivity (Wildman–Crippen MR) is 92.0 cm³/mol. The first-order valence-electron chi connectivity index (χ1n) is 7.23. The van der Waals surface area contributed by atoms with Crippen LogP contribution in [-0.4, -0.2) is 41.0 Å². The van der Waals surface area contributed by atoms with Crippen molar-refractivity contribution >= 4 is 34.9 Å². The SMILES string of the molecule is CN(Cc1nc2ccc(Cl)cc2c(=O)[nH]1)C1CCNCC1.Cl. The Morgan fingerprint density at radius 2 is 2.09 bits per heavy atom. The first-order chi connectivity index (χ1) is 10.1. The van der Waals surface area contributed by atoms with Gasteiger partial charge in [0.1, 0.15) is 5.82 Å². The minimum Gasteiger partial charge on any atom is -0.317 e. The third-order valence-electron chi connectivity index (χ3n) is 4.05. The van der Waals surface area contributed by atoms with Crippen LogP contribution in [0.3, 0.4) is 0 Å². The van der Waals surface area contributed by atoms with Gasteiger partial charge in [-0.2, -0.15) is 0 Å². The Morgan fingerprint density at radius 3 is 2.82 bits per heavy atom. The highest BCUT2D eigenvalue weighted by atomic mass is 35.5. The number of aromatic amines is 1. The monoisotopic (exact) mass is 342 g/mol. The van der Waals surface area contributed by atoms with Gasteiger partial charge >= 0.3 is 0 Å². The summed E-state index contributed by atoms with van der Waals surface area (Å²) in [6.45, 7) is 2.75. The first kappa shape index (κ1) is 17.2. The maximum atomic E-state index is 12.1. The smallest absolute Gasteiger partial charge is 0.258 e. The summed E-state index contributed by atoms with van der Waals surface area (Å²) in [6.07, 6.45) is 2.26. The molecular weight excluding hydrogens is 323 g/mol. The van der Waals surface area contributed by atoms with Gasteiger partial charge in [0.25, 0.3) is 5.56 Å². The van der Waals surface area contributed by atoms with Crippen LogP contribution >= 0.6 is 24.0 Å². The van der Waals surface area contributed by atoms with Crippen LogP contribution in [0.2, 0.25) is 5.02 Å². The van der Waals surface area contributed by atoms with Crippen molar-refractivity contribution in [1.82, 2.24) is 20.2 Å². The molecule has 7 heteroatoms. The molecule has 1 aromatic carbocycles. The fraction of sp³-hybridized carbons (Fsp3) is 0.467. The van der Waals surface area contributed by atoms with Gasteiger partial charge < -0.3 is 10.3 Å². The normalized spacial score (nSPS) is 16.0. The quantitative estimate of drug-likeness (QED) is 0.897. The van der Waals surface area contributed by atoms with E-state index < -0.39 is 0 Å². The molecule has 1 aromatic heterocycles. The second kappa shape index (κ2) is 7.42. The highest BCUT2D eigenvalue weighted by Gasteiger charge is 2.18. The zero-order valence-corrected chi connectivity index (χ0v) is 14.0. The van der Waals surface area contributed by atoms with Crippen LogP contribution in [0.4, 0.5) is 0 Å². The second-order valence-electron chi connectivity index (χ2n) is 5.57. The molecule has 2 N–H and O–H groups in total. The van der Waals surface area contributed by atoms with Crippen molar-refractivity contribution in [1.29, 1.82) is 0 Å². The number of hydrogen-bond acceptors (Lipinski definition) is 4. The summed E-state index contributed by atoms with van der Waals surface area (Å²) >= 11 is 5.92. The lowest BCUT2D eigenvalue weighted by molar-refractivity contribution is 0.188. The molecule has 1 aliphatic rings. The highest BCUT2D eigenvalue weighted by molar-refractivity contribution is 6.31. The Hall–Kier alpha value is -1.14. The fourth-order valence-electron chi connectivity index (χ4n) is 2.85. The number of aromatic nitrogens is 2. The molecule has 2 heterocycles. The van der Waals surface area contributed by atoms with Crippen LogP contribution in [0.5, 0.6) is 0 Å². The van der Waals surface area contributed by atoms with E-state index in [1.807, 2.05) is 0 Å². The van der Waals surface area contributed by atoms with Crippen molar-refractivity contribution < 1.29 is 0 Å². The Labute approximate surface area is 140 Å². The number of benzene rings is 1. The molecular formula is C15H20Cl2N4O. The van der Waals surface area contributed by atoms with Crippen molar-refractivity contribution in [3.8, 4) is 0 Å². The second-order valence-corrected chi connectivity index (χ2v) is 6.01. The van der Waals surface area contributed by atoms with E-state index in [-0.39, 0.29) is 18.0 Å². The molecule has 1 aliphatic heterocycles. The molecule has 5 nitrogen and oxygen atoms in total. The van der Waals surface area contributed by atoms with E-state index in [0.717, 1.165) is 25.9 Å². The molecule has 0 amide bonds. The Balaban J connectivity index is 0.00000176. The lowest BCUT2D eigenvalue weighted by atomic mass is 10.1.